The molecule has 0 spiro atoms. The fraction of sp³-hybridized carbons (Fsp3) is 0.417. The third-order valence-electron chi connectivity index (χ3n) is 5.85. The lowest BCUT2D eigenvalue weighted by Gasteiger charge is -2.29. The van der Waals surface area contributed by atoms with E-state index in [9.17, 15) is 13.2 Å². The van der Waals surface area contributed by atoms with E-state index in [1.165, 1.54) is 11.3 Å². The van der Waals surface area contributed by atoms with E-state index < -0.39 is 9.84 Å². The molecule has 0 atom stereocenters. The van der Waals surface area contributed by atoms with E-state index in [1.54, 1.807) is 54.5 Å². The second-order valence-corrected chi connectivity index (χ2v) is 11.7. The van der Waals surface area contributed by atoms with Crippen molar-refractivity contribution in [3.05, 3.63) is 47.5 Å². The van der Waals surface area contributed by atoms with Crippen molar-refractivity contribution < 1.29 is 22.7 Å². The Labute approximate surface area is 226 Å². The van der Waals surface area contributed by atoms with Gasteiger partial charge in [-0.3, -0.25) is 14.6 Å². The molecule has 8 nitrogen and oxygen atoms in total. The van der Waals surface area contributed by atoms with Gasteiger partial charge in [0.05, 0.1) is 40.7 Å². The molecule has 36 heavy (non-hydrogen) atoms. The number of carbonyl (C=O) groups is 1. The minimum absolute atomic E-state index is 0. The lowest BCUT2D eigenvalue weighted by Crippen LogP contribution is -2.43. The van der Waals surface area contributed by atoms with E-state index >= 15 is 0 Å². The largest absolute Gasteiger partial charge is 0.494 e. The van der Waals surface area contributed by atoms with Gasteiger partial charge >= 0.3 is 0 Å². The molecule has 0 aliphatic carbocycles. The van der Waals surface area contributed by atoms with Crippen LogP contribution in [0.1, 0.15) is 12.8 Å². The molecule has 2 aromatic carbocycles. The van der Waals surface area contributed by atoms with Gasteiger partial charge in [0.1, 0.15) is 11.3 Å². The Morgan fingerprint density at radius 2 is 1.92 bits per heavy atom. The van der Waals surface area contributed by atoms with Gasteiger partial charge in [0, 0.05) is 32.6 Å². The van der Waals surface area contributed by atoms with Gasteiger partial charge in [0.25, 0.3) is 0 Å². The molecule has 3 aromatic rings. The fourth-order valence-corrected chi connectivity index (χ4v) is 6.54. The first kappa shape index (κ1) is 28.6. The van der Waals surface area contributed by atoms with Crippen molar-refractivity contribution in [1.82, 2.24) is 9.88 Å². The first-order valence-corrected chi connectivity index (χ1v) is 14.2. The SMILES string of the molecule is COc1ccc(Cl)c2sc(N(CCN3CCOCC3)C(=O)CCCS(=O)(=O)c3ccccc3)nc12.Cl. The van der Waals surface area contributed by atoms with Crippen LogP contribution in [0.5, 0.6) is 5.75 Å². The van der Waals surface area contributed by atoms with Crippen LogP contribution in [0.4, 0.5) is 5.13 Å². The smallest absolute Gasteiger partial charge is 0.228 e. The Morgan fingerprint density at radius 1 is 1.19 bits per heavy atom. The molecule has 196 valence electrons. The predicted octanol–water partition coefficient (Wildman–Crippen LogP) is 4.30. The molecule has 0 N–H and O–H groups in total. The maximum Gasteiger partial charge on any atom is 0.228 e. The van der Waals surface area contributed by atoms with Gasteiger partial charge in [0.15, 0.2) is 15.0 Å². The van der Waals surface area contributed by atoms with E-state index in [4.69, 9.17) is 21.1 Å². The number of sulfone groups is 1. The normalized spacial score (nSPS) is 14.4. The maximum absolute atomic E-state index is 13.3. The van der Waals surface area contributed by atoms with Gasteiger partial charge in [0.2, 0.25) is 5.91 Å². The summed E-state index contributed by atoms with van der Waals surface area (Å²) in [6.07, 6.45) is 0.315. The summed E-state index contributed by atoms with van der Waals surface area (Å²) in [5.74, 6) is 0.316. The van der Waals surface area contributed by atoms with Crippen LogP contribution in [-0.4, -0.2) is 76.5 Å². The van der Waals surface area contributed by atoms with E-state index in [0.717, 1.165) is 17.8 Å². The molecule has 2 heterocycles. The molecule has 0 bridgehead atoms. The highest BCUT2D eigenvalue weighted by atomic mass is 35.5. The van der Waals surface area contributed by atoms with Crippen LogP contribution < -0.4 is 9.64 Å². The zero-order valence-electron chi connectivity index (χ0n) is 19.9. The highest BCUT2D eigenvalue weighted by Gasteiger charge is 2.24. The van der Waals surface area contributed by atoms with Crippen LogP contribution in [0.3, 0.4) is 0 Å². The van der Waals surface area contributed by atoms with Gasteiger partial charge in [-0.2, -0.15) is 0 Å². The van der Waals surface area contributed by atoms with Gasteiger partial charge in [-0.1, -0.05) is 41.1 Å². The number of anilines is 1. The van der Waals surface area contributed by atoms with Gasteiger partial charge in [-0.05, 0) is 30.7 Å². The molecule has 1 fully saturated rings. The number of morpholine rings is 1. The van der Waals surface area contributed by atoms with E-state index in [1.807, 2.05) is 0 Å². The number of halogens is 2. The number of nitrogens with zero attached hydrogens (tertiary/aromatic N) is 3. The summed E-state index contributed by atoms with van der Waals surface area (Å²) in [7, 11) is -1.88. The van der Waals surface area contributed by atoms with Gasteiger partial charge < -0.3 is 9.47 Å². The third-order valence-corrected chi connectivity index (χ3v) is 9.20. The zero-order chi connectivity index (χ0) is 24.8. The first-order chi connectivity index (χ1) is 16.9. The molecule has 0 unspecified atom stereocenters. The Balaban J connectivity index is 0.00000361. The second kappa shape index (κ2) is 13.0. The molecular formula is C24H29Cl2N3O5S2. The minimum Gasteiger partial charge on any atom is -0.494 e. The summed E-state index contributed by atoms with van der Waals surface area (Å²) < 4.78 is 36.9. The molecule has 1 saturated heterocycles. The van der Waals surface area contributed by atoms with Crippen LogP contribution in [0.15, 0.2) is 47.4 Å². The van der Waals surface area contributed by atoms with Crippen LogP contribution in [-0.2, 0) is 19.4 Å². The standard InChI is InChI=1S/C24H28ClN3O5S2.ClH/c1-32-20-10-9-19(25)23-22(20)26-24(34-23)28(12-11-27-13-15-33-16-14-27)21(29)8-5-17-35(30,31)18-6-3-2-4-7-18;/h2-4,6-7,9-10H,5,8,11-17H2,1H3;1H. The fourth-order valence-electron chi connectivity index (χ4n) is 3.91. The summed E-state index contributed by atoms with van der Waals surface area (Å²) in [4.78, 5) is 22.2. The summed E-state index contributed by atoms with van der Waals surface area (Å²) >= 11 is 7.73. The summed E-state index contributed by atoms with van der Waals surface area (Å²) in [5, 5.41) is 1.06. The topological polar surface area (TPSA) is 89.0 Å². The molecule has 12 heteroatoms. The van der Waals surface area contributed by atoms with Crippen molar-refractivity contribution in [2.24, 2.45) is 0 Å². The number of ether oxygens (including phenoxy) is 2. The van der Waals surface area contributed by atoms with Crippen molar-refractivity contribution in [2.75, 3.05) is 57.2 Å². The second-order valence-electron chi connectivity index (χ2n) is 8.16. The molecule has 4 rings (SSSR count). The van der Waals surface area contributed by atoms with Crippen molar-refractivity contribution in [3.8, 4) is 5.75 Å². The minimum atomic E-state index is -3.45. The zero-order valence-corrected chi connectivity index (χ0v) is 23.1. The number of hydrogen-bond donors (Lipinski definition) is 0. The predicted molar refractivity (Wildman–Crippen MR) is 146 cm³/mol. The summed E-state index contributed by atoms with van der Waals surface area (Å²) in [6, 6.07) is 11.8. The number of aromatic nitrogens is 1. The van der Waals surface area contributed by atoms with Crippen LogP contribution in [0.25, 0.3) is 10.2 Å². The molecular weight excluding hydrogens is 545 g/mol. The van der Waals surface area contributed by atoms with E-state index in [-0.39, 0.29) is 41.8 Å². The Kier molecular flexibility index (Phi) is 10.4. The molecule has 1 aliphatic heterocycles. The van der Waals surface area contributed by atoms with Crippen molar-refractivity contribution in [3.63, 3.8) is 0 Å². The Morgan fingerprint density at radius 3 is 2.61 bits per heavy atom. The van der Waals surface area contributed by atoms with Crippen LogP contribution >= 0.6 is 35.3 Å². The summed E-state index contributed by atoms with van der Waals surface area (Å²) in [6.45, 7) is 4.04. The molecule has 1 aliphatic rings. The number of carbonyl (C=O) groups excluding carboxylic acids is 1. The average Bonchev–Trinajstić information content (AvgIpc) is 3.31. The number of thiazole rings is 1. The monoisotopic (exact) mass is 573 g/mol. The lowest BCUT2D eigenvalue weighted by molar-refractivity contribution is -0.118. The summed E-state index contributed by atoms with van der Waals surface area (Å²) in [5.41, 5.74) is 0.607. The number of rotatable bonds is 10. The average molecular weight is 575 g/mol. The van der Waals surface area contributed by atoms with Gasteiger partial charge in [-0.25, -0.2) is 13.4 Å². The lowest BCUT2D eigenvalue weighted by atomic mass is 10.3. The number of hydrogen-bond acceptors (Lipinski definition) is 8. The highest BCUT2D eigenvalue weighted by molar-refractivity contribution is 7.91. The van der Waals surface area contributed by atoms with Crippen LogP contribution in [0, 0.1) is 0 Å². The quantitative estimate of drug-likeness (QED) is 0.357. The first-order valence-electron chi connectivity index (χ1n) is 11.4. The van der Waals surface area contributed by atoms with Crippen molar-refractivity contribution in [1.29, 1.82) is 0 Å². The van der Waals surface area contributed by atoms with E-state index in [2.05, 4.69) is 9.88 Å². The van der Waals surface area contributed by atoms with Crippen LogP contribution in [0.2, 0.25) is 5.02 Å². The third kappa shape index (κ3) is 6.87. The molecule has 0 saturated carbocycles. The maximum atomic E-state index is 13.3. The molecule has 1 amide bonds. The number of fused-ring (bicyclic) bond motifs is 1. The van der Waals surface area contributed by atoms with E-state index in [0.29, 0.717) is 47.7 Å². The number of benzene rings is 2. The van der Waals surface area contributed by atoms with Crippen molar-refractivity contribution >= 4 is 66.4 Å². The van der Waals surface area contributed by atoms with Crippen molar-refractivity contribution in [2.45, 2.75) is 17.7 Å². The number of amides is 1. The molecule has 0 radical (unpaired) electrons. The Bertz CT molecular complexity index is 1270. The Hall–Kier alpha value is -1.95. The molecule has 1 aromatic heterocycles. The number of methoxy groups -OCH3 is 1. The highest BCUT2D eigenvalue weighted by Crippen LogP contribution is 2.38. The van der Waals surface area contributed by atoms with Gasteiger partial charge in [-0.15, -0.1) is 12.4 Å².